The smallest absolute Gasteiger partial charge is 0.212 e. The average molecular weight is 448 g/mol. The van der Waals surface area contributed by atoms with E-state index in [0.717, 1.165) is 43.7 Å². The lowest BCUT2D eigenvalue weighted by atomic mass is 10.3. The minimum atomic E-state index is 0. The van der Waals surface area contributed by atoms with Crippen LogP contribution in [0.15, 0.2) is 23.3 Å². The first-order valence-electron chi connectivity index (χ1n) is 8.29. The summed E-state index contributed by atoms with van der Waals surface area (Å²) in [7, 11) is 3.65. The summed E-state index contributed by atoms with van der Waals surface area (Å²) in [5.74, 6) is 2.32. The number of aromatic nitrogens is 1. The minimum Gasteiger partial charge on any atom is -0.481 e. The first-order chi connectivity index (χ1) is 11.2. The molecule has 6 nitrogen and oxygen atoms in total. The summed E-state index contributed by atoms with van der Waals surface area (Å²) < 4.78 is 10.8. The zero-order valence-corrected chi connectivity index (χ0v) is 17.2. The number of hydrogen-bond donors (Lipinski definition) is 1. The van der Waals surface area contributed by atoms with E-state index in [9.17, 15) is 0 Å². The Morgan fingerprint density at radius 3 is 2.79 bits per heavy atom. The van der Waals surface area contributed by atoms with Crippen LogP contribution in [0, 0.1) is 5.92 Å². The van der Waals surface area contributed by atoms with Crippen LogP contribution in [0.1, 0.15) is 25.3 Å². The van der Waals surface area contributed by atoms with Gasteiger partial charge in [0, 0.05) is 39.0 Å². The zero-order valence-electron chi connectivity index (χ0n) is 14.8. The van der Waals surface area contributed by atoms with Crippen LogP contribution in [0.4, 0.5) is 0 Å². The first-order valence-corrected chi connectivity index (χ1v) is 8.29. The van der Waals surface area contributed by atoms with Crippen LogP contribution in [0.5, 0.6) is 5.88 Å². The van der Waals surface area contributed by atoms with Gasteiger partial charge in [-0.3, -0.25) is 0 Å². The molecule has 0 aliphatic heterocycles. The quantitative estimate of drug-likeness (QED) is 0.272. The fraction of sp³-hybridized carbons (Fsp3) is 0.647. The molecule has 0 aromatic carbocycles. The highest BCUT2D eigenvalue weighted by molar-refractivity contribution is 14.0. The van der Waals surface area contributed by atoms with Crippen LogP contribution >= 0.6 is 24.0 Å². The SMILES string of the molecule is CCNC(=NCc1ccc(OC)nc1)N(C)CCOCC1CC1.I. The van der Waals surface area contributed by atoms with Gasteiger partial charge < -0.3 is 19.7 Å². The van der Waals surface area contributed by atoms with E-state index < -0.39 is 0 Å². The molecular formula is C17H29IN4O2. The molecule has 1 fully saturated rings. The van der Waals surface area contributed by atoms with Gasteiger partial charge in [0.1, 0.15) is 0 Å². The monoisotopic (exact) mass is 448 g/mol. The van der Waals surface area contributed by atoms with Crippen molar-refractivity contribution in [2.75, 3.05) is 40.5 Å². The number of aliphatic imine (C=N–C) groups is 1. The van der Waals surface area contributed by atoms with Crippen LogP contribution in [0.3, 0.4) is 0 Å². The number of nitrogens with one attached hydrogen (secondary N) is 1. The Balaban J connectivity index is 0.00000288. The second-order valence-electron chi connectivity index (χ2n) is 5.82. The lowest BCUT2D eigenvalue weighted by Gasteiger charge is -2.22. The van der Waals surface area contributed by atoms with E-state index in [1.807, 2.05) is 19.2 Å². The maximum Gasteiger partial charge on any atom is 0.212 e. The maximum atomic E-state index is 5.70. The third-order valence-corrected chi connectivity index (χ3v) is 3.74. The zero-order chi connectivity index (χ0) is 16.5. The fourth-order valence-corrected chi connectivity index (χ4v) is 2.10. The fourth-order valence-electron chi connectivity index (χ4n) is 2.10. The van der Waals surface area contributed by atoms with E-state index in [4.69, 9.17) is 9.47 Å². The van der Waals surface area contributed by atoms with Gasteiger partial charge in [0.25, 0.3) is 0 Å². The summed E-state index contributed by atoms with van der Waals surface area (Å²) in [6.07, 6.45) is 4.45. The molecule has 1 aromatic rings. The summed E-state index contributed by atoms with van der Waals surface area (Å²) in [6, 6.07) is 3.84. The van der Waals surface area contributed by atoms with Gasteiger partial charge in [-0.25, -0.2) is 9.98 Å². The number of ether oxygens (including phenoxy) is 2. The van der Waals surface area contributed by atoms with Gasteiger partial charge >= 0.3 is 0 Å². The average Bonchev–Trinajstić information content (AvgIpc) is 3.40. The highest BCUT2D eigenvalue weighted by Crippen LogP contribution is 2.28. The van der Waals surface area contributed by atoms with E-state index in [0.29, 0.717) is 12.4 Å². The number of guanidine groups is 1. The van der Waals surface area contributed by atoms with Crippen molar-refractivity contribution in [3.8, 4) is 5.88 Å². The molecule has 1 aromatic heterocycles. The Labute approximate surface area is 162 Å². The van der Waals surface area contributed by atoms with Crippen molar-refractivity contribution in [2.24, 2.45) is 10.9 Å². The lowest BCUT2D eigenvalue weighted by Crippen LogP contribution is -2.40. The molecule has 1 heterocycles. The summed E-state index contributed by atoms with van der Waals surface area (Å²) in [5, 5.41) is 3.31. The Morgan fingerprint density at radius 2 is 2.21 bits per heavy atom. The molecule has 0 unspecified atom stereocenters. The third kappa shape index (κ3) is 7.65. The third-order valence-electron chi connectivity index (χ3n) is 3.74. The van der Waals surface area contributed by atoms with E-state index in [1.54, 1.807) is 13.3 Å². The van der Waals surface area contributed by atoms with Crippen molar-refractivity contribution in [3.63, 3.8) is 0 Å². The second kappa shape index (κ2) is 11.5. The van der Waals surface area contributed by atoms with Crippen LogP contribution in [0.2, 0.25) is 0 Å². The summed E-state index contributed by atoms with van der Waals surface area (Å²) in [5.41, 5.74) is 1.06. The normalized spacial score (nSPS) is 14.0. The van der Waals surface area contributed by atoms with E-state index >= 15 is 0 Å². The largest absolute Gasteiger partial charge is 0.481 e. The minimum absolute atomic E-state index is 0. The second-order valence-corrected chi connectivity index (χ2v) is 5.82. The van der Waals surface area contributed by atoms with Gasteiger partial charge in [0.15, 0.2) is 5.96 Å². The Bertz CT molecular complexity index is 492. The number of pyridine rings is 1. The van der Waals surface area contributed by atoms with Gasteiger partial charge in [-0.05, 0) is 31.2 Å². The molecule has 1 aliphatic carbocycles. The summed E-state index contributed by atoms with van der Waals surface area (Å²) in [6.45, 7) is 5.97. The van der Waals surface area contributed by atoms with Crippen molar-refractivity contribution in [1.29, 1.82) is 0 Å². The molecule has 0 saturated heterocycles. The molecule has 0 spiro atoms. The van der Waals surface area contributed by atoms with Crippen molar-refractivity contribution >= 4 is 29.9 Å². The standard InChI is InChI=1S/C17H28N4O2.HI/c1-4-18-17(21(2)9-10-23-13-14-5-6-14)20-12-15-7-8-16(22-3)19-11-15;/h7-8,11,14H,4-6,9-10,12-13H2,1-3H3,(H,18,20);1H. The molecule has 0 amide bonds. The number of hydrogen-bond acceptors (Lipinski definition) is 4. The number of likely N-dealkylation sites (N-methyl/N-ethyl adjacent to an activating group) is 1. The van der Waals surface area contributed by atoms with Gasteiger partial charge in [-0.1, -0.05) is 6.07 Å². The molecule has 1 saturated carbocycles. The van der Waals surface area contributed by atoms with Gasteiger partial charge in [-0.15, -0.1) is 24.0 Å². The van der Waals surface area contributed by atoms with E-state index in [-0.39, 0.29) is 24.0 Å². The number of rotatable bonds is 9. The topological polar surface area (TPSA) is 59.0 Å². The van der Waals surface area contributed by atoms with Crippen molar-refractivity contribution < 1.29 is 9.47 Å². The highest BCUT2D eigenvalue weighted by Gasteiger charge is 2.21. The highest BCUT2D eigenvalue weighted by atomic mass is 127. The van der Waals surface area contributed by atoms with E-state index in [1.165, 1.54) is 12.8 Å². The summed E-state index contributed by atoms with van der Waals surface area (Å²) >= 11 is 0. The maximum absolute atomic E-state index is 5.70. The molecular weight excluding hydrogens is 419 g/mol. The number of nitrogens with zero attached hydrogens (tertiary/aromatic N) is 3. The molecule has 7 heteroatoms. The van der Waals surface area contributed by atoms with Crippen molar-refractivity contribution in [1.82, 2.24) is 15.2 Å². The first kappa shape index (κ1) is 21.0. The van der Waals surface area contributed by atoms with E-state index in [2.05, 4.69) is 27.1 Å². The number of halogens is 1. The van der Waals surface area contributed by atoms with Crippen LogP contribution < -0.4 is 10.1 Å². The van der Waals surface area contributed by atoms with Crippen LogP contribution in [-0.2, 0) is 11.3 Å². The molecule has 2 rings (SSSR count). The molecule has 1 N–H and O–H groups in total. The molecule has 0 bridgehead atoms. The van der Waals surface area contributed by atoms with Crippen LogP contribution in [0.25, 0.3) is 0 Å². The summed E-state index contributed by atoms with van der Waals surface area (Å²) in [4.78, 5) is 11.0. The predicted molar refractivity (Wildman–Crippen MR) is 107 cm³/mol. The molecule has 136 valence electrons. The predicted octanol–water partition coefficient (Wildman–Crippen LogP) is 2.53. The lowest BCUT2D eigenvalue weighted by molar-refractivity contribution is 0.115. The van der Waals surface area contributed by atoms with Crippen LogP contribution in [-0.4, -0.2) is 56.3 Å². The molecule has 0 atom stereocenters. The Morgan fingerprint density at radius 1 is 1.42 bits per heavy atom. The molecule has 24 heavy (non-hydrogen) atoms. The van der Waals surface area contributed by atoms with Crippen molar-refractivity contribution in [3.05, 3.63) is 23.9 Å². The molecule has 0 radical (unpaired) electrons. The Kier molecular flexibility index (Phi) is 10.0. The molecule has 1 aliphatic rings. The van der Waals surface area contributed by atoms with Crippen molar-refractivity contribution in [2.45, 2.75) is 26.3 Å². The Hall–Kier alpha value is -1.09. The number of methoxy groups -OCH3 is 1. The van der Waals surface area contributed by atoms with Gasteiger partial charge in [0.2, 0.25) is 5.88 Å². The van der Waals surface area contributed by atoms with Gasteiger partial charge in [0.05, 0.1) is 20.3 Å². The van der Waals surface area contributed by atoms with Gasteiger partial charge in [-0.2, -0.15) is 0 Å².